The van der Waals surface area contributed by atoms with Gasteiger partial charge in [0.25, 0.3) is 0 Å². The summed E-state index contributed by atoms with van der Waals surface area (Å²) in [5.74, 6) is 0.618. The van der Waals surface area contributed by atoms with Crippen molar-refractivity contribution in [1.29, 1.82) is 0 Å². The van der Waals surface area contributed by atoms with Crippen molar-refractivity contribution < 1.29 is 4.79 Å². The van der Waals surface area contributed by atoms with Crippen LogP contribution in [0.5, 0.6) is 0 Å². The van der Waals surface area contributed by atoms with Gasteiger partial charge in [-0.3, -0.25) is 4.79 Å². The number of nitrogens with one attached hydrogen (secondary N) is 2. The van der Waals surface area contributed by atoms with E-state index in [1.54, 1.807) is 12.5 Å². The molecule has 0 unspecified atom stereocenters. The van der Waals surface area contributed by atoms with E-state index in [4.69, 9.17) is 5.73 Å². The number of carbonyl (C=O) groups is 1. The molecule has 106 valence electrons. The van der Waals surface area contributed by atoms with Gasteiger partial charge < -0.3 is 16.0 Å². The molecule has 1 aliphatic rings. The fourth-order valence-corrected chi connectivity index (χ4v) is 2.76. The Bertz CT molecular complexity index is 371. The Morgan fingerprint density at radius 3 is 2.95 bits per heavy atom. The molecular formula is C14H24N4O. The lowest BCUT2D eigenvalue weighted by atomic mass is 9.85. The van der Waals surface area contributed by atoms with E-state index < -0.39 is 0 Å². The Kier molecular flexibility index (Phi) is 5.39. The van der Waals surface area contributed by atoms with Gasteiger partial charge in [0, 0.05) is 24.9 Å². The summed E-state index contributed by atoms with van der Waals surface area (Å²) in [7, 11) is 0. The Hall–Kier alpha value is -1.36. The summed E-state index contributed by atoms with van der Waals surface area (Å²) in [4.78, 5) is 18.8. The number of nitrogens with zero attached hydrogens (tertiary/aromatic N) is 1. The van der Waals surface area contributed by atoms with Gasteiger partial charge in [-0.2, -0.15) is 0 Å². The van der Waals surface area contributed by atoms with E-state index in [1.165, 1.54) is 32.1 Å². The molecule has 1 aromatic heterocycles. The predicted molar refractivity (Wildman–Crippen MR) is 74.5 cm³/mol. The first-order chi connectivity index (χ1) is 9.25. The zero-order valence-electron chi connectivity index (χ0n) is 11.4. The van der Waals surface area contributed by atoms with E-state index in [0.717, 1.165) is 18.5 Å². The largest absolute Gasteiger partial charge is 0.354 e. The first-order valence-corrected chi connectivity index (χ1v) is 7.26. The molecule has 5 nitrogen and oxygen atoms in total. The van der Waals surface area contributed by atoms with Crippen LogP contribution in [0.15, 0.2) is 12.5 Å². The summed E-state index contributed by atoms with van der Waals surface area (Å²) in [5.41, 5.74) is 7.00. The van der Waals surface area contributed by atoms with Gasteiger partial charge in [0.1, 0.15) is 0 Å². The van der Waals surface area contributed by atoms with E-state index in [1.807, 2.05) is 0 Å². The molecule has 1 saturated carbocycles. The summed E-state index contributed by atoms with van der Waals surface area (Å²) >= 11 is 0. The molecule has 1 aromatic rings. The van der Waals surface area contributed by atoms with Crippen LogP contribution in [0, 0.1) is 5.92 Å². The zero-order chi connectivity index (χ0) is 13.5. The minimum atomic E-state index is -0.357. The molecule has 1 fully saturated rings. The molecule has 5 heteroatoms. The molecule has 4 N–H and O–H groups in total. The van der Waals surface area contributed by atoms with E-state index >= 15 is 0 Å². The van der Waals surface area contributed by atoms with Crippen LogP contribution in [0.2, 0.25) is 0 Å². The van der Waals surface area contributed by atoms with E-state index in [-0.39, 0.29) is 11.9 Å². The zero-order valence-corrected chi connectivity index (χ0v) is 11.4. The first kappa shape index (κ1) is 14.1. The maximum absolute atomic E-state index is 11.9. The van der Waals surface area contributed by atoms with Crippen molar-refractivity contribution in [3.8, 4) is 0 Å². The number of hydrogen-bond acceptors (Lipinski definition) is 3. The second-order valence-electron chi connectivity index (χ2n) is 5.46. The van der Waals surface area contributed by atoms with Crippen molar-refractivity contribution in [2.45, 2.75) is 51.0 Å². The third kappa shape index (κ3) is 4.67. The number of nitrogens with two attached hydrogens (primary N) is 1. The van der Waals surface area contributed by atoms with Gasteiger partial charge in [0.05, 0.1) is 12.4 Å². The van der Waals surface area contributed by atoms with Crippen molar-refractivity contribution in [3.63, 3.8) is 0 Å². The molecule has 1 heterocycles. The fraction of sp³-hybridized carbons (Fsp3) is 0.714. The molecular weight excluding hydrogens is 240 g/mol. The average Bonchev–Trinajstić information content (AvgIpc) is 2.93. The quantitative estimate of drug-likeness (QED) is 0.725. The molecule has 1 amide bonds. The van der Waals surface area contributed by atoms with Crippen LogP contribution in [-0.2, 0) is 11.2 Å². The van der Waals surface area contributed by atoms with Crippen LogP contribution in [-0.4, -0.2) is 28.5 Å². The highest BCUT2D eigenvalue weighted by Gasteiger charge is 2.20. The van der Waals surface area contributed by atoms with Crippen LogP contribution < -0.4 is 11.1 Å². The van der Waals surface area contributed by atoms with Gasteiger partial charge >= 0.3 is 0 Å². The molecule has 0 bridgehead atoms. The van der Waals surface area contributed by atoms with Crippen LogP contribution in [0.4, 0.5) is 0 Å². The van der Waals surface area contributed by atoms with Gasteiger partial charge in [-0.05, 0) is 12.3 Å². The lowest BCUT2D eigenvalue weighted by molar-refractivity contribution is -0.122. The van der Waals surface area contributed by atoms with E-state index in [2.05, 4.69) is 15.3 Å². The standard InChI is InChI=1S/C14H24N4O/c15-13(8-11-4-2-1-3-5-11)14(19)17-7-6-12-9-16-10-18-12/h9-11,13H,1-8,15H2,(H,16,18)(H,17,19)/t13-/m1/s1. The molecule has 1 aliphatic carbocycles. The minimum absolute atomic E-state index is 0.0231. The van der Waals surface area contributed by atoms with Crippen LogP contribution in [0.1, 0.15) is 44.2 Å². The van der Waals surface area contributed by atoms with Crippen LogP contribution in [0.25, 0.3) is 0 Å². The molecule has 0 radical (unpaired) electrons. The average molecular weight is 264 g/mol. The molecule has 1 atom stereocenters. The van der Waals surface area contributed by atoms with Crippen LogP contribution in [0.3, 0.4) is 0 Å². The number of amides is 1. The van der Waals surface area contributed by atoms with Crippen molar-refractivity contribution in [2.24, 2.45) is 11.7 Å². The van der Waals surface area contributed by atoms with E-state index in [9.17, 15) is 4.79 Å². The highest BCUT2D eigenvalue weighted by Crippen LogP contribution is 2.26. The SMILES string of the molecule is N[C@H](CC1CCCCC1)C(=O)NCCc1cnc[nH]1. The third-order valence-corrected chi connectivity index (χ3v) is 3.90. The topological polar surface area (TPSA) is 83.8 Å². The third-order valence-electron chi connectivity index (χ3n) is 3.90. The lowest BCUT2D eigenvalue weighted by Crippen LogP contribution is -2.42. The van der Waals surface area contributed by atoms with Gasteiger partial charge in [-0.1, -0.05) is 32.1 Å². The highest BCUT2D eigenvalue weighted by molar-refractivity contribution is 5.81. The number of aromatic amines is 1. The van der Waals surface area contributed by atoms with E-state index in [0.29, 0.717) is 12.5 Å². The fourth-order valence-electron chi connectivity index (χ4n) is 2.76. The second-order valence-corrected chi connectivity index (χ2v) is 5.46. The molecule has 0 saturated heterocycles. The summed E-state index contributed by atoms with van der Waals surface area (Å²) < 4.78 is 0. The number of carbonyl (C=O) groups excluding carboxylic acids is 1. The van der Waals surface area contributed by atoms with Crippen molar-refractivity contribution in [3.05, 3.63) is 18.2 Å². The van der Waals surface area contributed by atoms with Gasteiger partial charge in [0.15, 0.2) is 0 Å². The Labute approximate surface area is 114 Å². The number of H-pyrrole nitrogens is 1. The first-order valence-electron chi connectivity index (χ1n) is 7.26. The van der Waals surface area contributed by atoms with Gasteiger partial charge in [0.2, 0.25) is 5.91 Å². The maximum atomic E-state index is 11.9. The molecule has 0 spiro atoms. The number of aromatic nitrogens is 2. The molecule has 19 heavy (non-hydrogen) atoms. The Morgan fingerprint density at radius 2 is 2.26 bits per heavy atom. The molecule has 0 aliphatic heterocycles. The summed E-state index contributed by atoms with van der Waals surface area (Å²) in [6, 6.07) is -0.357. The Morgan fingerprint density at radius 1 is 1.47 bits per heavy atom. The summed E-state index contributed by atoms with van der Waals surface area (Å²) in [5, 5.41) is 2.90. The maximum Gasteiger partial charge on any atom is 0.236 e. The Balaban J connectivity index is 1.64. The van der Waals surface area contributed by atoms with Crippen LogP contribution >= 0.6 is 0 Å². The minimum Gasteiger partial charge on any atom is -0.354 e. The van der Waals surface area contributed by atoms with Crippen molar-refractivity contribution >= 4 is 5.91 Å². The summed E-state index contributed by atoms with van der Waals surface area (Å²) in [6.45, 7) is 0.611. The number of imidazole rings is 1. The van der Waals surface area contributed by atoms with Crippen molar-refractivity contribution in [1.82, 2.24) is 15.3 Å². The van der Waals surface area contributed by atoms with Gasteiger partial charge in [-0.25, -0.2) is 4.98 Å². The van der Waals surface area contributed by atoms with Gasteiger partial charge in [-0.15, -0.1) is 0 Å². The number of hydrogen-bond donors (Lipinski definition) is 3. The smallest absolute Gasteiger partial charge is 0.236 e. The number of rotatable bonds is 6. The normalized spacial score (nSPS) is 18.2. The summed E-state index contributed by atoms with van der Waals surface area (Å²) in [6.07, 6.45) is 11.4. The van der Waals surface area contributed by atoms with Crippen molar-refractivity contribution in [2.75, 3.05) is 6.54 Å². The lowest BCUT2D eigenvalue weighted by Gasteiger charge is -2.24. The highest BCUT2D eigenvalue weighted by atomic mass is 16.2. The monoisotopic (exact) mass is 264 g/mol. The predicted octanol–water partition coefficient (Wildman–Crippen LogP) is 1.37. The molecule has 2 rings (SSSR count). The second kappa shape index (κ2) is 7.28. The molecule has 0 aromatic carbocycles.